The maximum atomic E-state index is 12.8. The van der Waals surface area contributed by atoms with Crippen molar-refractivity contribution in [3.63, 3.8) is 0 Å². The lowest BCUT2D eigenvalue weighted by molar-refractivity contribution is -0.0137. The Hall–Kier alpha value is -2.38. The zero-order chi connectivity index (χ0) is 19.7. The van der Waals surface area contributed by atoms with Crippen LogP contribution in [-0.2, 0) is 13.0 Å². The Labute approximate surface area is 162 Å². The summed E-state index contributed by atoms with van der Waals surface area (Å²) < 4.78 is 25.7. The molecule has 5 nitrogen and oxygen atoms in total. The Morgan fingerprint density at radius 1 is 1.18 bits per heavy atom. The molecule has 0 unspecified atom stereocenters. The molecule has 1 N–H and O–H groups in total. The number of β-amino-alcohol motifs (C(OH)–C–C–N with tert-alkyl or cyclic N) is 1. The average Bonchev–Trinajstić information content (AvgIpc) is 2.73. The van der Waals surface area contributed by atoms with Gasteiger partial charge in [0.05, 0.1) is 6.10 Å². The molecule has 1 aromatic heterocycles. The number of hydrogen-bond acceptors (Lipinski definition) is 4. The number of hydrogen-bond donors (Lipinski definition) is 1. The fraction of sp³-hybridized carbons (Fsp3) is 0.429. The average molecular weight is 387 g/mol. The summed E-state index contributed by atoms with van der Waals surface area (Å²) in [5, 5.41) is 10.7. The van der Waals surface area contributed by atoms with Crippen LogP contribution in [0.25, 0.3) is 0 Å². The minimum atomic E-state index is -2.72. The molecule has 1 aromatic carbocycles. The SMILES string of the molecule is O=C(c1ccnc(C(F)F)c1)N1CC[C@H](N2CCc3ccccc3C2)[C@@H](O)C1. The van der Waals surface area contributed by atoms with Gasteiger partial charge in [0.1, 0.15) is 5.69 Å². The van der Waals surface area contributed by atoms with E-state index in [1.807, 2.05) is 12.1 Å². The second-order valence-corrected chi connectivity index (χ2v) is 7.43. The number of benzene rings is 1. The summed E-state index contributed by atoms with van der Waals surface area (Å²) in [6.07, 6.45) is -0.550. The molecule has 1 fully saturated rings. The number of piperidine rings is 1. The largest absolute Gasteiger partial charge is 0.390 e. The molecular weight excluding hydrogens is 364 g/mol. The first kappa shape index (κ1) is 19.0. The summed E-state index contributed by atoms with van der Waals surface area (Å²) >= 11 is 0. The van der Waals surface area contributed by atoms with Gasteiger partial charge in [-0.15, -0.1) is 0 Å². The van der Waals surface area contributed by atoms with Crippen LogP contribution in [0.15, 0.2) is 42.6 Å². The van der Waals surface area contributed by atoms with Crippen molar-refractivity contribution in [1.29, 1.82) is 0 Å². The van der Waals surface area contributed by atoms with Gasteiger partial charge >= 0.3 is 0 Å². The molecular formula is C21H23F2N3O2. The number of aliphatic hydroxyl groups is 1. The van der Waals surface area contributed by atoms with Gasteiger partial charge in [0.25, 0.3) is 12.3 Å². The van der Waals surface area contributed by atoms with E-state index in [-0.39, 0.29) is 24.1 Å². The first-order chi connectivity index (χ1) is 13.5. The number of aromatic nitrogens is 1. The van der Waals surface area contributed by atoms with Crippen molar-refractivity contribution in [2.24, 2.45) is 0 Å². The monoisotopic (exact) mass is 387 g/mol. The number of rotatable bonds is 3. The maximum Gasteiger partial charge on any atom is 0.280 e. The van der Waals surface area contributed by atoms with Crippen LogP contribution in [0.5, 0.6) is 0 Å². The number of carbonyl (C=O) groups excluding carboxylic acids is 1. The maximum absolute atomic E-state index is 12.8. The van der Waals surface area contributed by atoms with E-state index in [1.54, 1.807) is 4.90 Å². The number of fused-ring (bicyclic) bond motifs is 1. The predicted molar refractivity (Wildman–Crippen MR) is 100 cm³/mol. The van der Waals surface area contributed by atoms with Crippen molar-refractivity contribution in [3.05, 3.63) is 65.0 Å². The van der Waals surface area contributed by atoms with E-state index in [9.17, 15) is 18.7 Å². The molecule has 7 heteroatoms. The third-order valence-corrected chi connectivity index (χ3v) is 5.71. The van der Waals surface area contributed by atoms with Crippen LogP contribution in [0.4, 0.5) is 8.78 Å². The van der Waals surface area contributed by atoms with Crippen molar-refractivity contribution < 1.29 is 18.7 Å². The van der Waals surface area contributed by atoms with Crippen LogP contribution >= 0.6 is 0 Å². The lowest BCUT2D eigenvalue weighted by Gasteiger charge is -2.43. The second kappa shape index (κ2) is 7.93. The van der Waals surface area contributed by atoms with Crippen LogP contribution < -0.4 is 0 Å². The van der Waals surface area contributed by atoms with Crippen LogP contribution in [0.2, 0.25) is 0 Å². The molecule has 1 saturated heterocycles. The van der Waals surface area contributed by atoms with E-state index in [4.69, 9.17) is 0 Å². The molecule has 148 valence electrons. The molecule has 1 amide bonds. The Bertz CT molecular complexity index is 861. The van der Waals surface area contributed by atoms with Crippen molar-refractivity contribution in [2.45, 2.75) is 38.0 Å². The molecule has 0 saturated carbocycles. The predicted octanol–water partition coefficient (Wildman–Crippen LogP) is 2.65. The molecule has 3 heterocycles. The number of alkyl halides is 2. The van der Waals surface area contributed by atoms with Crippen molar-refractivity contribution in [1.82, 2.24) is 14.8 Å². The standard InChI is InChI=1S/C21H23F2N3O2/c22-20(23)17-11-15(5-8-24-17)21(28)26-10-7-18(19(27)13-26)25-9-6-14-3-1-2-4-16(14)12-25/h1-5,8,11,18-20,27H,6-7,9-10,12-13H2/t18-,19-/m0/s1. The van der Waals surface area contributed by atoms with E-state index in [0.29, 0.717) is 13.0 Å². The molecule has 0 radical (unpaired) electrons. The highest BCUT2D eigenvalue weighted by Crippen LogP contribution is 2.26. The van der Waals surface area contributed by atoms with Crippen molar-refractivity contribution in [2.75, 3.05) is 19.6 Å². The molecule has 2 aliphatic rings. The molecule has 0 bridgehead atoms. The Morgan fingerprint density at radius 2 is 1.96 bits per heavy atom. The second-order valence-electron chi connectivity index (χ2n) is 7.43. The van der Waals surface area contributed by atoms with Gasteiger partial charge < -0.3 is 10.0 Å². The topological polar surface area (TPSA) is 56.7 Å². The third-order valence-electron chi connectivity index (χ3n) is 5.71. The molecule has 28 heavy (non-hydrogen) atoms. The minimum Gasteiger partial charge on any atom is -0.390 e. The van der Waals surface area contributed by atoms with Crippen LogP contribution in [0.1, 0.15) is 40.0 Å². The van der Waals surface area contributed by atoms with Crippen LogP contribution in [0.3, 0.4) is 0 Å². The van der Waals surface area contributed by atoms with E-state index in [2.05, 4.69) is 22.0 Å². The van der Waals surface area contributed by atoms with E-state index in [0.717, 1.165) is 25.6 Å². The Kier molecular flexibility index (Phi) is 5.37. The highest BCUT2D eigenvalue weighted by Gasteiger charge is 2.35. The minimum absolute atomic E-state index is 0.00790. The van der Waals surface area contributed by atoms with Crippen LogP contribution in [0, 0.1) is 0 Å². The molecule has 2 aliphatic heterocycles. The molecule has 0 aliphatic carbocycles. The smallest absolute Gasteiger partial charge is 0.280 e. The Balaban J connectivity index is 1.42. The van der Waals surface area contributed by atoms with Gasteiger partial charge in [0, 0.05) is 44.0 Å². The quantitative estimate of drug-likeness (QED) is 0.880. The summed E-state index contributed by atoms with van der Waals surface area (Å²) in [6, 6.07) is 10.9. The van der Waals surface area contributed by atoms with Gasteiger partial charge in [0.15, 0.2) is 0 Å². The molecule has 4 rings (SSSR count). The number of amides is 1. The number of pyridine rings is 1. The fourth-order valence-electron chi connectivity index (χ4n) is 4.21. The number of aliphatic hydroxyl groups excluding tert-OH is 1. The Morgan fingerprint density at radius 3 is 2.71 bits per heavy atom. The summed E-state index contributed by atoms with van der Waals surface area (Å²) in [7, 11) is 0. The number of carbonyl (C=O) groups is 1. The number of likely N-dealkylation sites (tertiary alicyclic amines) is 1. The molecule has 2 aromatic rings. The van der Waals surface area contributed by atoms with Gasteiger partial charge in [0.2, 0.25) is 0 Å². The number of halogens is 2. The summed E-state index contributed by atoms with van der Waals surface area (Å²) in [5.41, 5.74) is 2.42. The van der Waals surface area contributed by atoms with Crippen LogP contribution in [-0.4, -0.2) is 57.6 Å². The van der Waals surface area contributed by atoms with Gasteiger partial charge in [-0.1, -0.05) is 24.3 Å². The van der Waals surface area contributed by atoms with Crippen molar-refractivity contribution >= 4 is 5.91 Å². The van der Waals surface area contributed by atoms with Crippen molar-refractivity contribution in [3.8, 4) is 0 Å². The van der Waals surface area contributed by atoms with Gasteiger partial charge in [-0.05, 0) is 36.1 Å². The van der Waals surface area contributed by atoms with E-state index >= 15 is 0 Å². The summed E-state index contributed by atoms with van der Waals surface area (Å²) in [5.74, 6) is -0.342. The molecule has 0 spiro atoms. The third kappa shape index (κ3) is 3.77. The van der Waals surface area contributed by atoms with Gasteiger partial charge in [-0.25, -0.2) is 8.78 Å². The zero-order valence-corrected chi connectivity index (χ0v) is 15.5. The fourth-order valence-corrected chi connectivity index (χ4v) is 4.21. The molecule has 2 atom stereocenters. The zero-order valence-electron chi connectivity index (χ0n) is 15.5. The van der Waals surface area contributed by atoms with E-state index < -0.39 is 18.2 Å². The lowest BCUT2D eigenvalue weighted by Crippen LogP contribution is -2.56. The summed E-state index contributed by atoms with van der Waals surface area (Å²) in [4.78, 5) is 20.1. The van der Waals surface area contributed by atoms with Gasteiger partial charge in [-0.2, -0.15) is 0 Å². The van der Waals surface area contributed by atoms with Gasteiger partial charge in [-0.3, -0.25) is 14.7 Å². The lowest BCUT2D eigenvalue weighted by atomic mass is 9.94. The highest BCUT2D eigenvalue weighted by atomic mass is 19.3. The van der Waals surface area contributed by atoms with E-state index in [1.165, 1.54) is 23.4 Å². The normalized spacial score (nSPS) is 22.9. The first-order valence-corrected chi connectivity index (χ1v) is 9.55. The first-order valence-electron chi connectivity index (χ1n) is 9.55. The number of nitrogens with zero attached hydrogens (tertiary/aromatic N) is 3. The highest BCUT2D eigenvalue weighted by molar-refractivity contribution is 5.94. The summed E-state index contributed by atoms with van der Waals surface area (Å²) in [6.45, 7) is 2.38.